The molecule has 1 aliphatic carbocycles. The fourth-order valence-electron chi connectivity index (χ4n) is 4.35. The van der Waals surface area contributed by atoms with Gasteiger partial charge in [-0.1, -0.05) is 13.8 Å². The van der Waals surface area contributed by atoms with Gasteiger partial charge in [0.2, 0.25) is 0 Å². The number of pyridine rings is 1. The van der Waals surface area contributed by atoms with Gasteiger partial charge in [0, 0.05) is 49.5 Å². The number of hydrogen-bond donors (Lipinski definition) is 2. The Morgan fingerprint density at radius 1 is 1.42 bits per heavy atom. The minimum absolute atomic E-state index is 0. The fraction of sp³-hybridized carbons (Fsp3) is 0.700. The highest BCUT2D eigenvalue weighted by atomic mass is 127. The molecule has 3 atom stereocenters. The molecule has 2 heterocycles. The van der Waals surface area contributed by atoms with E-state index in [-0.39, 0.29) is 29.4 Å². The van der Waals surface area contributed by atoms with E-state index in [0.29, 0.717) is 18.1 Å². The van der Waals surface area contributed by atoms with Crippen molar-refractivity contribution in [2.24, 2.45) is 16.3 Å². The van der Waals surface area contributed by atoms with Gasteiger partial charge in [0.1, 0.15) is 0 Å². The van der Waals surface area contributed by atoms with Gasteiger partial charge in [-0.25, -0.2) is 0 Å². The molecule has 2 N–H and O–H groups in total. The molecule has 146 valence electrons. The Bertz CT molecular complexity index is 620. The largest absolute Gasteiger partial charge is 0.377 e. The molecule has 2 aliphatic rings. The van der Waals surface area contributed by atoms with E-state index in [1.165, 1.54) is 24.0 Å². The molecule has 1 aromatic heterocycles. The summed E-state index contributed by atoms with van der Waals surface area (Å²) in [6.07, 6.45) is 7.53. The molecule has 0 bridgehead atoms. The first kappa shape index (κ1) is 21.4. The van der Waals surface area contributed by atoms with Gasteiger partial charge >= 0.3 is 0 Å². The van der Waals surface area contributed by atoms with Crippen molar-refractivity contribution in [2.45, 2.75) is 59.1 Å². The smallest absolute Gasteiger partial charge is 0.191 e. The van der Waals surface area contributed by atoms with Crippen molar-refractivity contribution in [3.63, 3.8) is 0 Å². The van der Waals surface area contributed by atoms with Crippen LogP contribution >= 0.6 is 24.0 Å². The van der Waals surface area contributed by atoms with E-state index in [1.54, 1.807) is 0 Å². The molecule has 3 rings (SSSR count). The zero-order valence-electron chi connectivity index (χ0n) is 16.4. The van der Waals surface area contributed by atoms with Gasteiger partial charge in [-0.15, -0.1) is 24.0 Å². The number of aromatic nitrogens is 1. The van der Waals surface area contributed by atoms with E-state index >= 15 is 0 Å². The lowest BCUT2D eigenvalue weighted by Crippen LogP contribution is -2.71. The minimum atomic E-state index is 0. The Balaban J connectivity index is 0.00000243. The highest BCUT2D eigenvalue weighted by molar-refractivity contribution is 14.0. The standard InChI is InChI=1S/C20H32N4O.HI/c1-5-22-19(23-11-9-15-8-10-21-13-14(15)2)24-17-16-7-6-12-25-18(16)20(17,3)4;/h8,10,13,16-18H,5-7,9,11-12H2,1-4H3,(H2,22,23,24);1H. The van der Waals surface area contributed by atoms with Gasteiger partial charge in [0.05, 0.1) is 6.10 Å². The SMILES string of the molecule is CCNC(=NCCc1ccncc1C)NC1C2CCCOC2C1(C)C.I. The third kappa shape index (κ3) is 4.50. The molecular weight excluding hydrogens is 439 g/mol. The van der Waals surface area contributed by atoms with Crippen LogP contribution in [0.3, 0.4) is 0 Å². The molecular formula is C20H33IN4O. The number of hydrogen-bond acceptors (Lipinski definition) is 3. The van der Waals surface area contributed by atoms with Crippen LogP contribution in [0.25, 0.3) is 0 Å². The van der Waals surface area contributed by atoms with Crippen LogP contribution in [0.2, 0.25) is 0 Å². The Kier molecular flexibility index (Phi) is 7.70. The molecule has 0 radical (unpaired) electrons. The van der Waals surface area contributed by atoms with E-state index in [0.717, 1.165) is 32.1 Å². The van der Waals surface area contributed by atoms with E-state index in [4.69, 9.17) is 9.73 Å². The van der Waals surface area contributed by atoms with Gasteiger partial charge < -0.3 is 15.4 Å². The number of ether oxygens (including phenoxy) is 1. The predicted molar refractivity (Wildman–Crippen MR) is 117 cm³/mol. The number of halogens is 1. The molecule has 1 saturated heterocycles. The number of aryl methyl sites for hydroxylation is 1. The molecule has 0 aromatic carbocycles. The van der Waals surface area contributed by atoms with Gasteiger partial charge in [-0.05, 0) is 50.3 Å². The van der Waals surface area contributed by atoms with Crippen LogP contribution in [0, 0.1) is 18.3 Å². The maximum absolute atomic E-state index is 6.01. The van der Waals surface area contributed by atoms with Crippen LogP contribution in [0.4, 0.5) is 0 Å². The molecule has 1 aliphatic heterocycles. The summed E-state index contributed by atoms with van der Waals surface area (Å²) in [5.41, 5.74) is 2.71. The summed E-state index contributed by atoms with van der Waals surface area (Å²) < 4.78 is 6.01. The van der Waals surface area contributed by atoms with Crippen molar-refractivity contribution in [2.75, 3.05) is 19.7 Å². The second-order valence-corrected chi connectivity index (χ2v) is 7.85. The monoisotopic (exact) mass is 472 g/mol. The lowest BCUT2D eigenvalue weighted by Gasteiger charge is -2.60. The number of fused-ring (bicyclic) bond motifs is 1. The summed E-state index contributed by atoms with van der Waals surface area (Å²) in [4.78, 5) is 8.97. The van der Waals surface area contributed by atoms with Gasteiger partial charge in [0.15, 0.2) is 5.96 Å². The van der Waals surface area contributed by atoms with Gasteiger partial charge in [-0.3, -0.25) is 9.98 Å². The first-order valence-electron chi connectivity index (χ1n) is 9.60. The molecule has 1 aromatic rings. The van der Waals surface area contributed by atoms with E-state index in [9.17, 15) is 0 Å². The normalized spacial score (nSPS) is 26.9. The second-order valence-electron chi connectivity index (χ2n) is 7.85. The maximum Gasteiger partial charge on any atom is 0.191 e. The first-order chi connectivity index (χ1) is 12.0. The lowest BCUT2D eigenvalue weighted by molar-refractivity contribution is -0.188. The number of guanidine groups is 1. The van der Waals surface area contributed by atoms with Gasteiger partial charge in [-0.2, -0.15) is 0 Å². The summed E-state index contributed by atoms with van der Waals surface area (Å²) in [7, 11) is 0. The maximum atomic E-state index is 6.01. The van der Waals surface area contributed by atoms with Crippen LogP contribution in [-0.2, 0) is 11.2 Å². The molecule has 1 saturated carbocycles. The van der Waals surface area contributed by atoms with Crippen molar-refractivity contribution in [1.82, 2.24) is 15.6 Å². The van der Waals surface area contributed by atoms with Crippen LogP contribution in [-0.4, -0.2) is 42.8 Å². The summed E-state index contributed by atoms with van der Waals surface area (Å²) in [6, 6.07) is 2.52. The highest BCUT2D eigenvalue weighted by Gasteiger charge is 2.58. The molecule has 6 heteroatoms. The quantitative estimate of drug-likeness (QED) is 0.392. The van der Waals surface area contributed by atoms with Crippen LogP contribution < -0.4 is 10.6 Å². The number of nitrogens with zero attached hydrogens (tertiary/aromatic N) is 2. The lowest BCUT2D eigenvalue weighted by atomic mass is 9.55. The number of rotatable bonds is 5. The third-order valence-electron chi connectivity index (χ3n) is 5.76. The van der Waals surface area contributed by atoms with Crippen LogP contribution in [0.15, 0.2) is 23.5 Å². The van der Waals surface area contributed by atoms with Gasteiger partial charge in [0.25, 0.3) is 0 Å². The first-order valence-corrected chi connectivity index (χ1v) is 9.60. The van der Waals surface area contributed by atoms with E-state index in [2.05, 4.69) is 49.4 Å². The number of aliphatic imine (C=N–C) groups is 1. The van der Waals surface area contributed by atoms with E-state index in [1.807, 2.05) is 12.4 Å². The van der Waals surface area contributed by atoms with Crippen molar-refractivity contribution in [1.29, 1.82) is 0 Å². The Morgan fingerprint density at radius 2 is 2.23 bits per heavy atom. The Labute approximate surface area is 174 Å². The predicted octanol–water partition coefficient (Wildman–Crippen LogP) is 3.31. The molecule has 26 heavy (non-hydrogen) atoms. The van der Waals surface area contributed by atoms with Crippen molar-refractivity contribution >= 4 is 29.9 Å². The summed E-state index contributed by atoms with van der Waals surface area (Å²) in [5, 5.41) is 7.09. The Hall–Kier alpha value is -0.890. The average molecular weight is 472 g/mol. The van der Waals surface area contributed by atoms with Crippen molar-refractivity contribution in [3.05, 3.63) is 29.6 Å². The minimum Gasteiger partial charge on any atom is -0.377 e. The van der Waals surface area contributed by atoms with Crippen LogP contribution in [0.1, 0.15) is 44.7 Å². The Morgan fingerprint density at radius 3 is 2.96 bits per heavy atom. The molecule has 2 fully saturated rings. The second kappa shape index (κ2) is 9.35. The summed E-state index contributed by atoms with van der Waals surface area (Å²) in [5.74, 6) is 1.53. The third-order valence-corrected chi connectivity index (χ3v) is 5.76. The zero-order valence-corrected chi connectivity index (χ0v) is 18.7. The van der Waals surface area contributed by atoms with Crippen molar-refractivity contribution < 1.29 is 4.74 Å². The van der Waals surface area contributed by atoms with E-state index < -0.39 is 0 Å². The molecule has 5 nitrogen and oxygen atoms in total. The highest BCUT2D eigenvalue weighted by Crippen LogP contribution is 2.51. The summed E-state index contributed by atoms with van der Waals surface area (Å²) in [6.45, 7) is 11.4. The zero-order chi connectivity index (χ0) is 17.9. The molecule has 0 spiro atoms. The van der Waals surface area contributed by atoms with Crippen LogP contribution in [0.5, 0.6) is 0 Å². The average Bonchev–Trinajstić information content (AvgIpc) is 2.61. The fourth-order valence-corrected chi connectivity index (χ4v) is 4.35. The molecule has 0 amide bonds. The molecule has 3 unspecified atom stereocenters. The number of nitrogens with one attached hydrogen (secondary N) is 2. The van der Waals surface area contributed by atoms with Crippen molar-refractivity contribution in [3.8, 4) is 0 Å². The topological polar surface area (TPSA) is 58.5 Å². The summed E-state index contributed by atoms with van der Waals surface area (Å²) >= 11 is 0.